The van der Waals surface area contributed by atoms with Crippen LogP contribution >= 0.6 is 0 Å². The molecule has 1 atom stereocenters. The van der Waals surface area contributed by atoms with Crippen LogP contribution in [0.1, 0.15) is 65.0 Å². The lowest BCUT2D eigenvalue weighted by atomic mass is 9.63. The van der Waals surface area contributed by atoms with Gasteiger partial charge in [-0.15, -0.1) is 0 Å². The minimum Gasteiger partial charge on any atom is -0.354 e. The predicted molar refractivity (Wildman–Crippen MR) is 132 cm³/mol. The first-order chi connectivity index (χ1) is 14.7. The van der Waals surface area contributed by atoms with Crippen molar-refractivity contribution in [1.29, 1.82) is 0 Å². The number of rotatable bonds is 5. The molecule has 1 aliphatic carbocycles. The second-order valence-electron chi connectivity index (χ2n) is 10.9. The molecule has 1 saturated heterocycles. The molecular formula is C27H40N4. The van der Waals surface area contributed by atoms with Gasteiger partial charge in [0.1, 0.15) is 5.82 Å². The summed E-state index contributed by atoms with van der Waals surface area (Å²) in [4.78, 5) is 9.99. The summed E-state index contributed by atoms with van der Waals surface area (Å²) < 4.78 is 0. The van der Waals surface area contributed by atoms with E-state index < -0.39 is 0 Å². The normalized spacial score (nSPS) is 21.5. The summed E-state index contributed by atoms with van der Waals surface area (Å²) >= 11 is 0. The first kappa shape index (κ1) is 22.3. The third-order valence-corrected chi connectivity index (χ3v) is 7.60. The van der Waals surface area contributed by atoms with E-state index in [1.807, 2.05) is 0 Å². The molecule has 2 heterocycles. The quantitative estimate of drug-likeness (QED) is 0.743. The highest BCUT2D eigenvalue weighted by Crippen LogP contribution is 2.46. The lowest BCUT2D eigenvalue weighted by Crippen LogP contribution is -2.50. The minimum absolute atomic E-state index is 0.216. The molecule has 2 N–H and O–H groups in total. The van der Waals surface area contributed by atoms with Gasteiger partial charge in [-0.05, 0) is 59.4 Å². The van der Waals surface area contributed by atoms with Crippen LogP contribution < -0.4 is 10.6 Å². The van der Waals surface area contributed by atoms with Crippen LogP contribution in [-0.2, 0) is 10.8 Å². The number of piperazine rings is 1. The zero-order valence-electron chi connectivity index (χ0n) is 20.1. The molecular weight excluding hydrogens is 380 g/mol. The number of nitrogens with zero attached hydrogens (tertiary/aromatic N) is 3. The van der Waals surface area contributed by atoms with Crippen LogP contribution in [0.25, 0.3) is 11.3 Å². The van der Waals surface area contributed by atoms with Gasteiger partial charge in [0.25, 0.3) is 0 Å². The van der Waals surface area contributed by atoms with Crippen LogP contribution in [0.15, 0.2) is 36.4 Å². The van der Waals surface area contributed by atoms with Gasteiger partial charge in [0, 0.05) is 44.3 Å². The van der Waals surface area contributed by atoms with Crippen LogP contribution in [0.3, 0.4) is 0 Å². The van der Waals surface area contributed by atoms with Gasteiger partial charge in [-0.25, -0.2) is 4.98 Å². The van der Waals surface area contributed by atoms with Gasteiger partial charge in [0.15, 0.2) is 0 Å². The summed E-state index contributed by atoms with van der Waals surface area (Å²) in [6.07, 6.45) is 3.52. The van der Waals surface area contributed by atoms with Crippen molar-refractivity contribution >= 4 is 5.82 Å². The predicted octanol–water partition coefficient (Wildman–Crippen LogP) is 4.96. The average molecular weight is 421 g/mol. The molecule has 1 aliphatic heterocycles. The highest BCUT2D eigenvalue weighted by atomic mass is 15.3. The number of aromatic nitrogens is 1. The monoisotopic (exact) mass is 420 g/mol. The summed E-state index contributed by atoms with van der Waals surface area (Å²) in [5, 5.41) is 0. The molecule has 0 saturated carbocycles. The molecule has 4 rings (SSSR count). The van der Waals surface area contributed by atoms with E-state index in [9.17, 15) is 0 Å². The third-order valence-electron chi connectivity index (χ3n) is 7.60. The van der Waals surface area contributed by atoms with E-state index in [1.165, 1.54) is 29.5 Å². The molecule has 31 heavy (non-hydrogen) atoms. The van der Waals surface area contributed by atoms with Crippen molar-refractivity contribution in [1.82, 2.24) is 9.88 Å². The smallest absolute Gasteiger partial charge is 0.129 e. The largest absolute Gasteiger partial charge is 0.354 e. The maximum Gasteiger partial charge on any atom is 0.129 e. The number of pyridine rings is 1. The Kier molecular flexibility index (Phi) is 6.15. The molecule has 4 heteroatoms. The fourth-order valence-corrected chi connectivity index (χ4v) is 5.13. The van der Waals surface area contributed by atoms with Crippen LogP contribution in [0.5, 0.6) is 0 Å². The second kappa shape index (κ2) is 8.55. The maximum atomic E-state index is 6.15. The summed E-state index contributed by atoms with van der Waals surface area (Å²) in [5.41, 5.74) is 11.9. The molecule has 4 nitrogen and oxygen atoms in total. The van der Waals surface area contributed by atoms with Crippen molar-refractivity contribution in [3.8, 4) is 11.3 Å². The Balaban J connectivity index is 1.55. The van der Waals surface area contributed by atoms with Gasteiger partial charge in [0.2, 0.25) is 0 Å². The summed E-state index contributed by atoms with van der Waals surface area (Å²) in [5.74, 6) is 1.09. The molecule has 168 valence electrons. The molecule has 1 fully saturated rings. The fourth-order valence-electron chi connectivity index (χ4n) is 5.13. The van der Waals surface area contributed by atoms with E-state index in [-0.39, 0.29) is 16.9 Å². The van der Waals surface area contributed by atoms with Crippen LogP contribution in [0, 0.1) is 0 Å². The zero-order chi connectivity index (χ0) is 22.2. The van der Waals surface area contributed by atoms with Crippen LogP contribution in [0.2, 0.25) is 0 Å². The zero-order valence-corrected chi connectivity index (χ0v) is 20.1. The SMILES string of the molecule is CCC(N)CN1CCN(c2cccc(-c3ccc4c(c3)C(C)(C)CCC4(C)C)n2)CC1. The molecule has 0 bridgehead atoms. The van der Waals surface area contributed by atoms with Crippen molar-refractivity contribution < 1.29 is 0 Å². The Labute approximate surface area is 188 Å². The summed E-state index contributed by atoms with van der Waals surface area (Å²) in [6, 6.07) is 13.8. The second-order valence-corrected chi connectivity index (χ2v) is 10.9. The van der Waals surface area contributed by atoms with Crippen molar-refractivity contribution in [2.24, 2.45) is 5.73 Å². The molecule has 2 aliphatic rings. The van der Waals surface area contributed by atoms with E-state index in [2.05, 4.69) is 80.8 Å². The Bertz CT molecular complexity index is 909. The van der Waals surface area contributed by atoms with E-state index in [1.54, 1.807) is 0 Å². The standard InChI is InChI=1S/C27H40N4/c1-6-21(28)19-30-14-16-31(17-15-30)25-9-7-8-24(29-25)20-10-11-22-23(18-20)27(4,5)13-12-26(22,2)3/h7-11,18,21H,6,12-17,19,28H2,1-5H3. The Morgan fingerprint density at radius 1 is 0.935 bits per heavy atom. The van der Waals surface area contributed by atoms with Gasteiger partial charge >= 0.3 is 0 Å². The van der Waals surface area contributed by atoms with E-state index >= 15 is 0 Å². The average Bonchev–Trinajstić information content (AvgIpc) is 2.77. The van der Waals surface area contributed by atoms with Crippen LogP contribution in [-0.4, -0.2) is 48.6 Å². The number of hydrogen-bond acceptors (Lipinski definition) is 4. The number of nitrogens with two attached hydrogens (primary N) is 1. The maximum absolute atomic E-state index is 6.15. The van der Waals surface area contributed by atoms with Gasteiger partial charge in [-0.2, -0.15) is 0 Å². The van der Waals surface area contributed by atoms with Gasteiger partial charge in [-0.1, -0.05) is 52.8 Å². The topological polar surface area (TPSA) is 45.4 Å². The third kappa shape index (κ3) is 4.65. The van der Waals surface area contributed by atoms with Gasteiger partial charge in [-0.3, -0.25) is 4.90 Å². The van der Waals surface area contributed by atoms with Gasteiger partial charge < -0.3 is 10.6 Å². The molecule has 0 spiro atoms. The number of fused-ring (bicyclic) bond motifs is 1. The number of benzene rings is 1. The minimum atomic E-state index is 0.216. The summed E-state index contributed by atoms with van der Waals surface area (Å²) in [6.45, 7) is 16.8. The number of hydrogen-bond donors (Lipinski definition) is 1. The lowest BCUT2D eigenvalue weighted by Gasteiger charge is -2.42. The highest BCUT2D eigenvalue weighted by molar-refractivity contribution is 5.65. The first-order valence-corrected chi connectivity index (χ1v) is 12.0. The number of anilines is 1. The van der Waals surface area contributed by atoms with E-state index in [0.29, 0.717) is 0 Å². The van der Waals surface area contributed by atoms with Crippen molar-refractivity contribution in [2.75, 3.05) is 37.6 Å². The molecule has 1 aromatic heterocycles. The molecule has 2 aromatic rings. The fraction of sp³-hybridized carbons (Fsp3) is 0.593. The van der Waals surface area contributed by atoms with E-state index in [0.717, 1.165) is 50.7 Å². The first-order valence-electron chi connectivity index (χ1n) is 12.0. The van der Waals surface area contributed by atoms with Crippen molar-refractivity contribution in [2.45, 2.75) is 70.8 Å². The highest BCUT2D eigenvalue weighted by Gasteiger charge is 2.37. The summed E-state index contributed by atoms with van der Waals surface area (Å²) in [7, 11) is 0. The van der Waals surface area contributed by atoms with E-state index in [4.69, 9.17) is 10.7 Å². The Morgan fingerprint density at radius 3 is 2.29 bits per heavy atom. The molecule has 0 radical (unpaired) electrons. The molecule has 1 unspecified atom stereocenters. The Morgan fingerprint density at radius 2 is 1.61 bits per heavy atom. The lowest BCUT2D eigenvalue weighted by molar-refractivity contribution is 0.240. The van der Waals surface area contributed by atoms with Crippen molar-refractivity contribution in [3.63, 3.8) is 0 Å². The van der Waals surface area contributed by atoms with Gasteiger partial charge in [0.05, 0.1) is 5.69 Å². The Hall–Kier alpha value is -1.91. The molecule has 1 aromatic carbocycles. The van der Waals surface area contributed by atoms with Crippen LogP contribution in [0.4, 0.5) is 5.82 Å². The molecule has 0 amide bonds. The van der Waals surface area contributed by atoms with Crippen molar-refractivity contribution in [3.05, 3.63) is 47.5 Å².